The Hall–Kier alpha value is -3.58. The summed E-state index contributed by atoms with van der Waals surface area (Å²) in [6.45, 7) is 5.22. The predicted octanol–water partition coefficient (Wildman–Crippen LogP) is 4.94. The van der Waals surface area contributed by atoms with Crippen molar-refractivity contribution in [2.45, 2.75) is 89.5 Å². The molecule has 1 fully saturated rings. The van der Waals surface area contributed by atoms with Gasteiger partial charge in [0.1, 0.15) is 17.6 Å². The molecule has 3 rings (SSSR count). The van der Waals surface area contributed by atoms with Gasteiger partial charge in [0.05, 0.1) is 12.5 Å². The molecule has 2 heterocycles. The van der Waals surface area contributed by atoms with Crippen LogP contribution in [-0.4, -0.2) is 50.6 Å². The van der Waals surface area contributed by atoms with E-state index in [9.17, 15) is 36.3 Å². The van der Waals surface area contributed by atoms with E-state index in [-0.39, 0.29) is 30.4 Å². The molecule has 1 aliphatic carbocycles. The van der Waals surface area contributed by atoms with E-state index in [4.69, 9.17) is 0 Å². The molecule has 0 bridgehead atoms. The van der Waals surface area contributed by atoms with Crippen LogP contribution in [0.5, 0.6) is 0 Å². The summed E-state index contributed by atoms with van der Waals surface area (Å²) in [7, 11) is 0. The van der Waals surface area contributed by atoms with Gasteiger partial charge >= 0.3 is 6.18 Å². The van der Waals surface area contributed by atoms with Gasteiger partial charge in [-0.15, -0.1) is 0 Å². The van der Waals surface area contributed by atoms with Crippen LogP contribution in [0.15, 0.2) is 30.6 Å². The number of nitrogens with one attached hydrogen (secondary N) is 3. The highest BCUT2D eigenvalue weighted by atomic mass is 19.4. The van der Waals surface area contributed by atoms with Gasteiger partial charge < -0.3 is 16.0 Å². The average Bonchev–Trinajstić information content (AvgIpc) is 3.37. The number of alkyl halides is 5. The van der Waals surface area contributed by atoms with Crippen LogP contribution in [0.3, 0.4) is 0 Å². The first kappa shape index (κ1) is 31.0. The number of anilines is 1. The van der Waals surface area contributed by atoms with Gasteiger partial charge in [0.2, 0.25) is 17.7 Å². The van der Waals surface area contributed by atoms with Crippen molar-refractivity contribution >= 4 is 23.5 Å². The van der Waals surface area contributed by atoms with Crippen LogP contribution in [0.4, 0.5) is 27.8 Å². The number of carbonyl (C=O) groups excluding carboxylic acids is 3. The zero-order valence-corrected chi connectivity index (χ0v) is 22.4. The Balaban J connectivity index is 1.74. The van der Waals surface area contributed by atoms with Crippen LogP contribution in [-0.2, 0) is 9.59 Å². The van der Waals surface area contributed by atoms with Crippen molar-refractivity contribution in [1.82, 2.24) is 25.4 Å². The summed E-state index contributed by atoms with van der Waals surface area (Å²) in [5.41, 5.74) is 0.675. The minimum atomic E-state index is -4.46. The number of pyridine rings is 1. The van der Waals surface area contributed by atoms with E-state index in [1.165, 1.54) is 35.3 Å². The lowest BCUT2D eigenvalue weighted by atomic mass is 9.81. The Labute approximate surface area is 228 Å². The fraction of sp³-hybridized carbons (Fsp3) is 0.577. The van der Waals surface area contributed by atoms with Crippen molar-refractivity contribution in [1.29, 1.82) is 0 Å². The zero-order valence-electron chi connectivity index (χ0n) is 22.4. The third-order valence-corrected chi connectivity index (χ3v) is 6.74. The maximum absolute atomic E-state index is 13.8. The van der Waals surface area contributed by atoms with E-state index in [1.54, 1.807) is 6.92 Å². The lowest BCUT2D eigenvalue weighted by Gasteiger charge is -2.33. The highest BCUT2D eigenvalue weighted by molar-refractivity contribution is 6.00. The lowest BCUT2D eigenvalue weighted by Crippen LogP contribution is -2.50. The Morgan fingerprint density at radius 1 is 1.07 bits per heavy atom. The standard InChI is InChI=1S/C26H33F5N6O3/c1-15(2)37-19(8-13-33-37)23(39)36-22(17-4-9-25(27,28)10-5-17)24(40)35-20-14-18(7-12-32-20)16(3)34-21(38)6-11-26(29,30)31/h7-8,12-17,22H,4-6,9-11H2,1-3H3,(H,34,38)(H,36,39)(H,32,35,40)/t16-,22+/m1/s1. The molecule has 0 radical (unpaired) electrons. The number of halogens is 5. The molecule has 1 saturated carbocycles. The van der Waals surface area contributed by atoms with E-state index in [1.807, 2.05) is 13.8 Å². The van der Waals surface area contributed by atoms with Crippen LogP contribution >= 0.6 is 0 Å². The van der Waals surface area contributed by atoms with Gasteiger partial charge in [-0.3, -0.25) is 19.1 Å². The molecule has 9 nitrogen and oxygen atoms in total. The minimum Gasteiger partial charge on any atom is -0.350 e. The molecule has 0 aromatic carbocycles. The van der Waals surface area contributed by atoms with Crippen LogP contribution in [0.1, 0.15) is 87.4 Å². The SMILES string of the molecule is CC(C)n1nccc1C(=O)N[C@H](C(=O)Nc1cc([C@@H](C)NC(=O)CCC(F)(F)F)ccn1)C1CCC(F)(F)CC1. The Morgan fingerprint density at radius 2 is 1.75 bits per heavy atom. The summed E-state index contributed by atoms with van der Waals surface area (Å²) in [5, 5.41) is 11.9. The molecule has 0 aliphatic heterocycles. The summed E-state index contributed by atoms with van der Waals surface area (Å²) in [4.78, 5) is 42.5. The molecule has 2 aromatic rings. The molecule has 40 heavy (non-hydrogen) atoms. The average molecular weight is 573 g/mol. The third kappa shape index (κ3) is 8.71. The van der Waals surface area contributed by atoms with E-state index in [2.05, 4.69) is 26.0 Å². The fourth-order valence-electron chi connectivity index (χ4n) is 4.55. The Bertz CT molecular complexity index is 1190. The quantitative estimate of drug-likeness (QED) is 0.349. The number of hydrogen-bond donors (Lipinski definition) is 3. The second-order valence-corrected chi connectivity index (χ2v) is 10.3. The smallest absolute Gasteiger partial charge is 0.350 e. The summed E-state index contributed by atoms with van der Waals surface area (Å²) < 4.78 is 66.4. The first-order valence-electron chi connectivity index (χ1n) is 13.0. The molecule has 3 amide bonds. The minimum absolute atomic E-state index is 0.0171. The first-order chi connectivity index (χ1) is 18.6. The van der Waals surface area contributed by atoms with Crippen LogP contribution in [0, 0.1) is 5.92 Å². The van der Waals surface area contributed by atoms with Gasteiger partial charge in [-0.1, -0.05) is 0 Å². The van der Waals surface area contributed by atoms with E-state index >= 15 is 0 Å². The number of aromatic nitrogens is 3. The molecule has 2 aromatic heterocycles. The van der Waals surface area contributed by atoms with E-state index in [0.29, 0.717) is 5.56 Å². The van der Waals surface area contributed by atoms with Gasteiger partial charge in [0, 0.05) is 37.7 Å². The van der Waals surface area contributed by atoms with Gasteiger partial charge in [-0.25, -0.2) is 13.8 Å². The number of carbonyl (C=O) groups is 3. The normalized spacial score (nSPS) is 17.2. The summed E-state index contributed by atoms with van der Waals surface area (Å²) in [6, 6.07) is 2.48. The van der Waals surface area contributed by atoms with Crippen molar-refractivity contribution in [2.75, 3.05) is 5.32 Å². The second-order valence-electron chi connectivity index (χ2n) is 10.3. The Morgan fingerprint density at radius 3 is 2.38 bits per heavy atom. The third-order valence-electron chi connectivity index (χ3n) is 6.74. The molecule has 0 saturated heterocycles. The van der Waals surface area contributed by atoms with Gasteiger partial charge in [-0.05, 0) is 63.3 Å². The van der Waals surface area contributed by atoms with Crippen molar-refractivity contribution in [2.24, 2.45) is 5.92 Å². The monoisotopic (exact) mass is 572 g/mol. The van der Waals surface area contributed by atoms with Gasteiger partial charge in [0.15, 0.2) is 0 Å². The lowest BCUT2D eigenvalue weighted by molar-refractivity contribution is -0.144. The van der Waals surface area contributed by atoms with Crippen LogP contribution < -0.4 is 16.0 Å². The van der Waals surface area contributed by atoms with E-state index < -0.39 is 73.5 Å². The molecule has 220 valence electrons. The summed E-state index contributed by atoms with van der Waals surface area (Å²) in [5.74, 6) is -5.37. The largest absolute Gasteiger partial charge is 0.389 e. The zero-order chi connectivity index (χ0) is 29.7. The number of rotatable bonds is 10. The molecule has 0 spiro atoms. The number of amides is 3. The first-order valence-corrected chi connectivity index (χ1v) is 13.0. The summed E-state index contributed by atoms with van der Waals surface area (Å²) >= 11 is 0. The van der Waals surface area contributed by atoms with Crippen molar-refractivity contribution in [3.8, 4) is 0 Å². The van der Waals surface area contributed by atoms with Gasteiger partial charge in [0.25, 0.3) is 5.91 Å². The Kier molecular flexibility index (Phi) is 9.85. The second kappa shape index (κ2) is 12.7. The maximum atomic E-state index is 13.8. The molecule has 1 aliphatic rings. The molecular weight excluding hydrogens is 539 g/mol. The highest BCUT2D eigenvalue weighted by Crippen LogP contribution is 2.38. The number of hydrogen-bond acceptors (Lipinski definition) is 5. The highest BCUT2D eigenvalue weighted by Gasteiger charge is 2.40. The van der Waals surface area contributed by atoms with Crippen LogP contribution in [0.25, 0.3) is 0 Å². The van der Waals surface area contributed by atoms with Crippen molar-refractivity contribution in [3.63, 3.8) is 0 Å². The van der Waals surface area contributed by atoms with E-state index in [0.717, 1.165) is 0 Å². The predicted molar refractivity (Wildman–Crippen MR) is 135 cm³/mol. The molecule has 0 unspecified atom stereocenters. The molecule has 14 heteroatoms. The number of nitrogens with zero attached hydrogens (tertiary/aromatic N) is 3. The fourth-order valence-corrected chi connectivity index (χ4v) is 4.55. The molecule has 2 atom stereocenters. The summed E-state index contributed by atoms with van der Waals surface area (Å²) in [6.07, 6.45) is -4.43. The van der Waals surface area contributed by atoms with Crippen molar-refractivity contribution < 1.29 is 36.3 Å². The molecular formula is C26H33F5N6O3. The van der Waals surface area contributed by atoms with Crippen LogP contribution in [0.2, 0.25) is 0 Å². The maximum Gasteiger partial charge on any atom is 0.389 e. The topological polar surface area (TPSA) is 118 Å². The molecule has 3 N–H and O–H groups in total. The van der Waals surface area contributed by atoms with Crippen molar-refractivity contribution in [3.05, 3.63) is 41.9 Å². The van der Waals surface area contributed by atoms with Gasteiger partial charge in [-0.2, -0.15) is 18.3 Å².